The van der Waals surface area contributed by atoms with Gasteiger partial charge in [-0.15, -0.1) is 0 Å². The molecule has 20 heavy (non-hydrogen) atoms. The number of aliphatic hydroxyl groups is 5. The van der Waals surface area contributed by atoms with Crippen LogP contribution in [0.15, 0.2) is 0 Å². The Morgan fingerprint density at radius 3 is 2.25 bits per heavy atom. The molecule has 6 N–H and O–H groups in total. The van der Waals surface area contributed by atoms with E-state index in [2.05, 4.69) is 5.32 Å². The van der Waals surface area contributed by atoms with Gasteiger partial charge in [0.15, 0.2) is 6.29 Å². The van der Waals surface area contributed by atoms with Crippen LogP contribution in [0.1, 0.15) is 0 Å². The lowest BCUT2D eigenvalue weighted by atomic mass is 9.97. The molecule has 8 nitrogen and oxygen atoms in total. The maximum Gasteiger partial charge on any atom is 0.173 e. The van der Waals surface area contributed by atoms with Crippen molar-refractivity contribution in [2.24, 2.45) is 0 Å². The van der Waals surface area contributed by atoms with Crippen molar-refractivity contribution in [2.75, 3.05) is 40.8 Å². The summed E-state index contributed by atoms with van der Waals surface area (Å²) in [5.74, 6) is 0. The van der Waals surface area contributed by atoms with Crippen molar-refractivity contribution in [1.29, 1.82) is 0 Å². The summed E-state index contributed by atoms with van der Waals surface area (Å²) in [6, 6.07) is -0.921. The molecule has 3 unspecified atom stereocenters. The highest BCUT2D eigenvalue weighted by atomic mass is 16.6. The number of quaternary nitrogens is 1. The fraction of sp³-hybridized carbons (Fsp3) is 1.00. The topological polar surface area (TPSA) is 122 Å². The predicted molar refractivity (Wildman–Crippen MR) is 70.7 cm³/mol. The van der Waals surface area contributed by atoms with Crippen LogP contribution in [0.3, 0.4) is 0 Å². The molecule has 6 atom stereocenters. The second-order valence-corrected chi connectivity index (χ2v) is 6.29. The monoisotopic (exact) mass is 295 g/mol. The maximum atomic E-state index is 9.91. The quantitative estimate of drug-likeness (QED) is 0.280. The Balaban J connectivity index is 2.50. The lowest BCUT2D eigenvalue weighted by Gasteiger charge is -2.40. The van der Waals surface area contributed by atoms with Crippen LogP contribution in [0.25, 0.3) is 0 Å². The van der Waals surface area contributed by atoms with E-state index in [4.69, 9.17) is 9.84 Å². The van der Waals surface area contributed by atoms with Gasteiger partial charge in [-0.3, -0.25) is 0 Å². The minimum absolute atomic E-state index is 0.147. The van der Waals surface area contributed by atoms with Gasteiger partial charge in [-0.25, -0.2) is 0 Å². The number of hydrogen-bond donors (Lipinski definition) is 6. The molecule has 0 bridgehead atoms. The molecule has 120 valence electrons. The molecule has 1 saturated heterocycles. The Morgan fingerprint density at radius 2 is 1.75 bits per heavy atom. The standard InChI is InChI=1S/C12H27N2O6/c1-14(2,3)5-7(16)4-13-9-11(18)10(17)8(6-15)20-12(9)19/h7-13,15-19H,4-6H2,1-3H3/q+1/t7?,8?,9?,10-,11+,12+/m0/s1. The lowest BCUT2D eigenvalue weighted by Crippen LogP contribution is -2.64. The third-order valence-corrected chi connectivity index (χ3v) is 3.25. The number of nitrogens with one attached hydrogen (secondary N) is 1. The van der Waals surface area contributed by atoms with E-state index in [-0.39, 0.29) is 6.54 Å². The van der Waals surface area contributed by atoms with Gasteiger partial charge in [-0.05, 0) is 0 Å². The molecule has 1 heterocycles. The van der Waals surface area contributed by atoms with Crippen molar-refractivity contribution in [3.63, 3.8) is 0 Å². The van der Waals surface area contributed by atoms with Crippen molar-refractivity contribution >= 4 is 0 Å². The molecule has 0 saturated carbocycles. The highest BCUT2D eigenvalue weighted by Gasteiger charge is 2.43. The van der Waals surface area contributed by atoms with Crippen molar-refractivity contribution in [1.82, 2.24) is 5.32 Å². The highest BCUT2D eigenvalue weighted by Crippen LogP contribution is 2.19. The minimum atomic E-state index is -1.36. The first-order chi connectivity index (χ1) is 9.15. The van der Waals surface area contributed by atoms with Crippen LogP contribution in [0.5, 0.6) is 0 Å². The number of likely N-dealkylation sites (N-methyl/N-ethyl adjacent to an activating group) is 1. The highest BCUT2D eigenvalue weighted by molar-refractivity contribution is 4.92. The molecular formula is C12H27N2O6+. The molecule has 0 amide bonds. The molecule has 1 rings (SSSR count). The van der Waals surface area contributed by atoms with Gasteiger partial charge >= 0.3 is 0 Å². The molecule has 0 aliphatic carbocycles. The number of aliphatic hydroxyl groups excluding tert-OH is 5. The van der Waals surface area contributed by atoms with E-state index < -0.39 is 43.4 Å². The number of ether oxygens (including phenoxy) is 1. The van der Waals surface area contributed by atoms with Crippen molar-refractivity contribution in [3.05, 3.63) is 0 Å². The van der Waals surface area contributed by atoms with E-state index in [1.165, 1.54) is 0 Å². The maximum absolute atomic E-state index is 9.91. The Bertz CT molecular complexity index is 298. The third kappa shape index (κ3) is 4.90. The van der Waals surface area contributed by atoms with Gasteiger partial charge in [-0.1, -0.05) is 0 Å². The fourth-order valence-electron chi connectivity index (χ4n) is 2.29. The van der Waals surface area contributed by atoms with E-state index >= 15 is 0 Å². The van der Waals surface area contributed by atoms with Crippen LogP contribution in [0.2, 0.25) is 0 Å². The first-order valence-electron chi connectivity index (χ1n) is 6.68. The molecular weight excluding hydrogens is 268 g/mol. The van der Waals surface area contributed by atoms with E-state index in [1.54, 1.807) is 0 Å². The van der Waals surface area contributed by atoms with Crippen LogP contribution in [-0.2, 0) is 4.74 Å². The second kappa shape index (κ2) is 7.10. The van der Waals surface area contributed by atoms with Crippen molar-refractivity contribution in [2.45, 2.75) is 36.7 Å². The summed E-state index contributed by atoms with van der Waals surface area (Å²) < 4.78 is 5.59. The largest absolute Gasteiger partial charge is 0.394 e. The van der Waals surface area contributed by atoms with Gasteiger partial charge in [-0.2, -0.15) is 0 Å². The van der Waals surface area contributed by atoms with Gasteiger partial charge < -0.3 is 40.1 Å². The van der Waals surface area contributed by atoms with Gasteiger partial charge in [0.2, 0.25) is 0 Å². The molecule has 0 aromatic rings. The van der Waals surface area contributed by atoms with Gasteiger partial charge in [0, 0.05) is 6.54 Å². The Kier molecular flexibility index (Phi) is 6.29. The molecule has 0 spiro atoms. The van der Waals surface area contributed by atoms with Crippen LogP contribution < -0.4 is 5.32 Å². The van der Waals surface area contributed by atoms with Gasteiger partial charge in [0.05, 0.1) is 33.8 Å². The number of hydrogen-bond acceptors (Lipinski definition) is 7. The SMILES string of the molecule is C[N+](C)(C)CC(O)CNC1[C@H](O)OC(CO)[C@H](O)[C@@H]1O. The molecule has 8 heteroatoms. The summed E-state index contributed by atoms with van der Waals surface area (Å²) in [6.07, 6.45) is -5.62. The molecule has 1 aliphatic rings. The summed E-state index contributed by atoms with van der Waals surface area (Å²) in [6.45, 7) is 0.148. The Labute approximate surface area is 118 Å². The molecule has 1 fully saturated rings. The van der Waals surface area contributed by atoms with Crippen LogP contribution in [-0.4, -0.2) is 108 Å². The molecule has 0 aromatic carbocycles. The minimum Gasteiger partial charge on any atom is -0.394 e. The normalized spacial score (nSPS) is 36.9. The summed E-state index contributed by atoms with van der Waals surface area (Å²) in [4.78, 5) is 0. The van der Waals surface area contributed by atoms with Crippen LogP contribution >= 0.6 is 0 Å². The average Bonchev–Trinajstić information content (AvgIpc) is 2.31. The van der Waals surface area contributed by atoms with Crippen LogP contribution in [0.4, 0.5) is 0 Å². The van der Waals surface area contributed by atoms with Crippen molar-refractivity contribution in [3.8, 4) is 0 Å². The van der Waals surface area contributed by atoms with Gasteiger partial charge in [0.25, 0.3) is 0 Å². The lowest BCUT2D eigenvalue weighted by molar-refractivity contribution is -0.873. The van der Waals surface area contributed by atoms with Gasteiger partial charge in [0.1, 0.15) is 31.0 Å². The summed E-state index contributed by atoms with van der Waals surface area (Å²) in [5, 5.41) is 51.0. The zero-order valence-corrected chi connectivity index (χ0v) is 12.2. The summed E-state index contributed by atoms with van der Waals surface area (Å²) in [5.41, 5.74) is 0. The smallest absolute Gasteiger partial charge is 0.173 e. The molecule has 1 aliphatic heterocycles. The zero-order chi connectivity index (χ0) is 15.5. The first-order valence-corrected chi connectivity index (χ1v) is 6.68. The molecule has 0 aromatic heterocycles. The predicted octanol–water partition coefficient (Wildman–Crippen LogP) is -3.56. The van der Waals surface area contributed by atoms with E-state index in [0.717, 1.165) is 0 Å². The Morgan fingerprint density at radius 1 is 1.15 bits per heavy atom. The summed E-state index contributed by atoms with van der Waals surface area (Å²) in [7, 11) is 5.81. The summed E-state index contributed by atoms with van der Waals surface area (Å²) >= 11 is 0. The number of nitrogens with zero attached hydrogens (tertiary/aromatic N) is 1. The van der Waals surface area contributed by atoms with E-state index in [1.807, 2.05) is 21.1 Å². The average molecular weight is 295 g/mol. The Hall–Kier alpha value is -0.320. The van der Waals surface area contributed by atoms with E-state index in [0.29, 0.717) is 11.0 Å². The first kappa shape index (κ1) is 17.7. The second-order valence-electron chi connectivity index (χ2n) is 6.29. The van der Waals surface area contributed by atoms with Crippen molar-refractivity contribution < 1.29 is 34.8 Å². The van der Waals surface area contributed by atoms with Crippen LogP contribution in [0, 0.1) is 0 Å². The third-order valence-electron chi connectivity index (χ3n) is 3.25. The molecule has 0 radical (unpaired) electrons. The fourth-order valence-corrected chi connectivity index (χ4v) is 2.29. The zero-order valence-electron chi connectivity index (χ0n) is 12.2. The van der Waals surface area contributed by atoms with E-state index in [9.17, 15) is 20.4 Å². The number of rotatable bonds is 6.